The van der Waals surface area contributed by atoms with Gasteiger partial charge in [0, 0.05) is 11.7 Å². The predicted octanol–water partition coefficient (Wildman–Crippen LogP) is 2.68. The Kier molecular flexibility index (Phi) is 5.38. The second kappa shape index (κ2) is 6.39. The van der Waals surface area contributed by atoms with Crippen LogP contribution in [0.4, 0.5) is 5.69 Å². The van der Waals surface area contributed by atoms with Gasteiger partial charge in [-0.2, -0.15) is 0 Å². The van der Waals surface area contributed by atoms with E-state index in [-0.39, 0.29) is 10.9 Å². The molecular formula is C14H24N2O2S. The fraction of sp³-hybridized carbons (Fsp3) is 0.571. The van der Waals surface area contributed by atoms with Crippen LogP contribution >= 0.6 is 0 Å². The van der Waals surface area contributed by atoms with Gasteiger partial charge in [0.05, 0.1) is 4.90 Å². The van der Waals surface area contributed by atoms with E-state index in [9.17, 15) is 8.42 Å². The van der Waals surface area contributed by atoms with E-state index in [1.807, 2.05) is 6.92 Å². The molecule has 0 heterocycles. The van der Waals surface area contributed by atoms with Gasteiger partial charge in [-0.3, -0.25) is 0 Å². The summed E-state index contributed by atoms with van der Waals surface area (Å²) in [5.41, 5.74) is 7.08. The third-order valence-corrected chi connectivity index (χ3v) is 4.67. The third kappa shape index (κ3) is 4.84. The fourth-order valence-corrected chi connectivity index (χ4v) is 3.15. The largest absolute Gasteiger partial charge is 0.399 e. The summed E-state index contributed by atoms with van der Waals surface area (Å²) in [5, 5.41) is 0. The van der Waals surface area contributed by atoms with Crippen molar-refractivity contribution in [1.82, 2.24) is 4.72 Å². The molecule has 5 heteroatoms. The van der Waals surface area contributed by atoms with Crippen molar-refractivity contribution in [3.05, 3.63) is 23.8 Å². The first-order valence-corrected chi connectivity index (χ1v) is 8.09. The highest BCUT2D eigenvalue weighted by Gasteiger charge is 2.17. The lowest BCUT2D eigenvalue weighted by molar-refractivity contribution is 0.485. The molecule has 0 aromatic heterocycles. The lowest BCUT2D eigenvalue weighted by atomic mass is 10.1. The predicted molar refractivity (Wildman–Crippen MR) is 79.4 cm³/mol. The second-order valence-corrected chi connectivity index (χ2v) is 7.23. The van der Waals surface area contributed by atoms with Gasteiger partial charge in [0.15, 0.2) is 0 Å². The number of hydrogen-bond donors (Lipinski definition) is 2. The van der Waals surface area contributed by atoms with E-state index in [0.717, 1.165) is 18.4 Å². The molecular weight excluding hydrogens is 260 g/mol. The van der Waals surface area contributed by atoms with Gasteiger partial charge in [-0.25, -0.2) is 13.1 Å². The molecule has 0 saturated carbocycles. The Balaban J connectivity index is 2.77. The van der Waals surface area contributed by atoms with Crippen LogP contribution < -0.4 is 10.5 Å². The van der Waals surface area contributed by atoms with Crippen LogP contribution in [0.2, 0.25) is 0 Å². The summed E-state index contributed by atoms with van der Waals surface area (Å²) in [6.07, 6.45) is 1.84. The SMILES string of the molecule is Cc1cc(S(=O)(=O)NC(C)CCC(C)C)ccc1N. The first-order valence-electron chi connectivity index (χ1n) is 6.61. The van der Waals surface area contributed by atoms with Crippen LogP contribution in [0, 0.1) is 12.8 Å². The van der Waals surface area contributed by atoms with Gasteiger partial charge in [0.2, 0.25) is 10.0 Å². The Bertz CT molecular complexity index is 524. The summed E-state index contributed by atoms with van der Waals surface area (Å²) in [7, 11) is -3.45. The number of benzene rings is 1. The summed E-state index contributed by atoms with van der Waals surface area (Å²) >= 11 is 0. The quantitative estimate of drug-likeness (QED) is 0.789. The maximum Gasteiger partial charge on any atom is 0.240 e. The Morgan fingerprint density at radius 3 is 2.37 bits per heavy atom. The number of rotatable bonds is 6. The minimum Gasteiger partial charge on any atom is -0.399 e. The van der Waals surface area contributed by atoms with Crippen LogP contribution in [-0.4, -0.2) is 14.5 Å². The van der Waals surface area contributed by atoms with Gasteiger partial charge in [-0.1, -0.05) is 13.8 Å². The average molecular weight is 284 g/mol. The zero-order valence-corrected chi connectivity index (χ0v) is 12.9. The molecule has 0 radical (unpaired) electrons. The van der Waals surface area contributed by atoms with Crippen molar-refractivity contribution in [2.24, 2.45) is 5.92 Å². The molecule has 0 saturated heterocycles. The molecule has 4 nitrogen and oxygen atoms in total. The van der Waals surface area contributed by atoms with Crippen molar-refractivity contribution < 1.29 is 8.42 Å². The van der Waals surface area contributed by atoms with E-state index in [1.165, 1.54) is 0 Å². The number of sulfonamides is 1. The maximum atomic E-state index is 12.2. The molecule has 0 bridgehead atoms. The lowest BCUT2D eigenvalue weighted by Crippen LogP contribution is -2.32. The molecule has 108 valence electrons. The summed E-state index contributed by atoms with van der Waals surface area (Å²) < 4.78 is 27.1. The summed E-state index contributed by atoms with van der Waals surface area (Å²) in [6.45, 7) is 7.95. The number of nitrogens with one attached hydrogen (secondary N) is 1. The smallest absolute Gasteiger partial charge is 0.240 e. The number of aryl methyl sites for hydroxylation is 1. The Morgan fingerprint density at radius 1 is 1.21 bits per heavy atom. The van der Waals surface area contributed by atoms with E-state index in [4.69, 9.17) is 5.73 Å². The zero-order chi connectivity index (χ0) is 14.6. The van der Waals surface area contributed by atoms with Crippen molar-refractivity contribution in [3.63, 3.8) is 0 Å². The summed E-state index contributed by atoms with van der Waals surface area (Å²) in [4.78, 5) is 0.274. The molecule has 0 aliphatic rings. The third-order valence-electron chi connectivity index (χ3n) is 3.08. The average Bonchev–Trinajstić information content (AvgIpc) is 2.29. The van der Waals surface area contributed by atoms with Crippen LogP contribution in [0.1, 0.15) is 39.2 Å². The zero-order valence-electron chi connectivity index (χ0n) is 12.1. The lowest BCUT2D eigenvalue weighted by Gasteiger charge is -2.15. The van der Waals surface area contributed by atoms with Gasteiger partial charge in [-0.05, 0) is 56.4 Å². The van der Waals surface area contributed by atoms with E-state index >= 15 is 0 Å². The van der Waals surface area contributed by atoms with E-state index in [0.29, 0.717) is 11.6 Å². The van der Waals surface area contributed by atoms with Crippen LogP contribution in [0.5, 0.6) is 0 Å². The van der Waals surface area contributed by atoms with Gasteiger partial charge in [0.25, 0.3) is 0 Å². The van der Waals surface area contributed by atoms with Crippen molar-refractivity contribution in [2.75, 3.05) is 5.73 Å². The Labute approximate surface area is 116 Å². The normalized spacial score (nSPS) is 13.7. The van der Waals surface area contributed by atoms with Crippen molar-refractivity contribution >= 4 is 15.7 Å². The minimum atomic E-state index is -3.45. The molecule has 0 aliphatic heterocycles. The van der Waals surface area contributed by atoms with Gasteiger partial charge >= 0.3 is 0 Å². The highest BCUT2D eigenvalue weighted by atomic mass is 32.2. The monoisotopic (exact) mass is 284 g/mol. The molecule has 1 unspecified atom stereocenters. The van der Waals surface area contributed by atoms with Gasteiger partial charge in [0.1, 0.15) is 0 Å². The maximum absolute atomic E-state index is 12.2. The molecule has 3 N–H and O–H groups in total. The standard InChI is InChI=1S/C14H24N2O2S/c1-10(2)5-6-12(4)16-19(17,18)13-7-8-14(15)11(3)9-13/h7-10,12,16H,5-6,15H2,1-4H3. The highest BCUT2D eigenvalue weighted by Crippen LogP contribution is 2.17. The highest BCUT2D eigenvalue weighted by molar-refractivity contribution is 7.89. The topological polar surface area (TPSA) is 72.2 Å². The van der Waals surface area contributed by atoms with Crippen LogP contribution in [0.15, 0.2) is 23.1 Å². The van der Waals surface area contributed by atoms with Gasteiger partial charge in [-0.15, -0.1) is 0 Å². The second-order valence-electron chi connectivity index (χ2n) is 5.51. The van der Waals surface area contributed by atoms with E-state index < -0.39 is 10.0 Å². The molecule has 1 aromatic rings. The van der Waals surface area contributed by atoms with Crippen molar-refractivity contribution in [1.29, 1.82) is 0 Å². The minimum absolute atomic E-state index is 0.0646. The van der Waals surface area contributed by atoms with Crippen molar-refractivity contribution in [3.8, 4) is 0 Å². The first-order chi connectivity index (χ1) is 8.72. The molecule has 0 spiro atoms. The first kappa shape index (κ1) is 16.0. The Hall–Kier alpha value is -1.07. The molecule has 1 rings (SSSR count). The summed E-state index contributed by atoms with van der Waals surface area (Å²) in [5.74, 6) is 0.575. The molecule has 0 fully saturated rings. The molecule has 1 atom stereocenters. The van der Waals surface area contributed by atoms with Crippen LogP contribution in [0.25, 0.3) is 0 Å². The summed E-state index contributed by atoms with van der Waals surface area (Å²) in [6, 6.07) is 4.71. The molecule has 0 amide bonds. The number of nitrogen functional groups attached to an aromatic ring is 1. The number of nitrogens with two attached hydrogens (primary N) is 1. The van der Waals surface area contributed by atoms with Gasteiger partial charge < -0.3 is 5.73 Å². The molecule has 19 heavy (non-hydrogen) atoms. The Morgan fingerprint density at radius 2 is 1.84 bits per heavy atom. The van der Waals surface area contributed by atoms with E-state index in [2.05, 4.69) is 18.6 Å². The molecule has 1 aromatic carbocycles. The van der Waals surface area contributed by atoms with Crippen LogP contribution in [0.3, 0.4) is 0 Å². The van der Waals surface area contributed by atoms with Crippen LogP contribution in [-0.2, 0) is 10.0 Å². The van der Waals surface area contributed by atoms with E-state index in [1.54, 1.807) is 25.1 Å². The fourth-order valence-electron chi connectivity index (χ4n) is 1.79. The van der Waals surface area contributed by atoms with Crippen molar-refractivity contribution in [2.45, 2.75) is 51.5 Å². The molecule has 0 aliphatic carbocycles. The number of hydrogen-bond acceptors (Lipinski definition) is 3. The number of anilines is 1.